The highest BCUT2D eigenvalue weighted by atomic mass is 79.9. The zero-order chi connectivity index (χ0) is 30.9. The molecular formula is C20H20B20BrN. The quantitative estimate of drug-likeness (QED) is 0.328. The lowest BCUT2D eigenvalue weighted by Crippen LogP contribution is -2.80. The standard InChI is InChI=1S/C20H20BrN.B20/c21-17-2-4-20(22-11-17)14-1-3-18-15-6-12-5-13(7-15)9-16(8-12)19(18)10-14;1-12(2)17(11)20(18(13(3)4)14(5)6)19(15(7)8)16(9)10/h1-4,10-13,15-16H,5-9H2;. The molecule has 1 nitrogen and oxygen atoms in total. The lowest BCUT2D eigenvalue weighted by atomic mass is 8.39. The number of aromatic nitrogens is 1. The zero-order valence-corrected chi connectivity index (χ0v) is 25.8. The Hall–Kier alpha value is 0.149. The van der Waals surface area contributed by atoms with Crippen LogP contribution in [0.2, 0.25) is 0 Å². The molecule has 22 radical (unpaired) electrons. The van der Waals surface area contributed by atoms with Crippen molar-refractivity contribution >= 4 is 159 Å². The van der Waals surface area contributed by atoms with E-state index >= 15 is 0 Å². The van der Waals surface area contributed by atoms with Gasteiger partial charge in [0.25, 0.3) is 0 Å². The topological polar surface area (TPSA) is 12.9 Å². The minimum absolute atomic E-state index is 0.630. The van der Waals surface area contributed by atoms with Gasteiger partial charge in [-0.2, -0.15) is 0 Å². The summed E-state index contributed by atoms with van der Waals surface area (Å²) in [7, 11) is 63.2. The third-order valence-electron chi connectivity index (χ3n) is 9.68. The number of benzene rings is 1. The Morgan fingerprint density at radius 3 is 1.50 bits per heavy atom. The third-order valence-corrected chi connectivity index (χ3v) is 10.2. The van der Waals surface area contributed by atoms with Crippen LogP contribution in [0.25, 0.3) is 11.3 Å². The maximum Gasteiger partial charge on any atom is 0.0702 e. The summed E-state index contributed by atoms with van der Waals surface area (Å²) in [5, 5.41) is 0. The molecule has 0 aliphatic heterocycles. The number of halogens is 1. The molecule has 1 aromatic heterocycles. The van der Waals surface area contributed by atoms with Gasteiger partial charge < -0.3 is 0 Å². The highest BCUT2D eigenvalue weighted by molar-refractivity contribution is 9.10. The number of hydrogen-bond donors (Lipinski definition) is 0. The average Bonchev–Trinajstić information content (AvgIpc) is 3.07. The Morgan fingerprint density at radius 1 is 0.571 bits per heavy atom. The molecule has 0 amide bonds. The van der Waals surface area contributed by atoms with E-state index < -0.39 is 57.5 Å². The molecule has 22 heteroatoms. The van der Waals surface area contributed by atoms with Gasteiger partial charge in [0.2, 0.25) is 0 Å². The van der Waals surface area contributed by atoms with E-state index in [1.807, 2.05) is 6.20 Å². The highest BCUT2D eigenvalue weighted by Crippen LogP contribution is 2.56. The van der Waals surface area contributed by atoms with Gasteiger partial charge in [-0.25, -0.2) is 0 Å². The predicted octanol–water partition coefficient (Wildman–Crippen LogP) is -1.71. The van der Waals surface area contributed by atoms with Crippen molar-refractivity contribution in [3.05, 3.63) is 52.1 Å². The van der Waals surface area contributed by atoms with Gasteiger partial charge >= 0.3 is 0 Å². The molecule has 0 spiro atoms. The Balaban J connectivity index is 0.000000195. The van der Waals surface area contributed by atoms with E-state index in [2.05, 4.69) is 51.2 Å². The van der Waals surface area contributed by atoms with Crippen molar-refractivity contribution in [2.45, 2.75) is 43.9 Å². The first-order chi connectivity index (χ1) is 19.8. The Morgan fingerprint density at radius 2 is 1.07 bits per heavy atom. The van der Waals surface area contributed by atoms with Crippen molar-refractivity contribution in [2.24, 2.45) is 11.8 Å². The van der Waals surface area contributed by atoms with Crippen LogP contribution in [-0.2, 0) is 0 Å². The third kappa shape index (κ3) is 8.10. The Bertz CT molecular complexity index is 1120. The van der Waals surface area contributed by atoms with Gasteiger partial charge in [0.15, 0.2) is 0 Å². The van der Waals surface area contributed by atoms with E-state index in [4.69, 9.17) is 85.1 Å². The lowest BCUT2D eigenvalue weighted by Gasteiger charge is -2.42. The molecule has 4 aliphatic rings. The molecule has 1 aromatic carbocycles. The summed E-state index contributed by atoms with van der Waals surface area (Å²) in [5.74, 6) is 3.62. The summed E-state index contributed by atoms with van der Waals surface area (Å²) in [4.78, 5) is 4.58. The van der Waals surface area contributed by atoms with Crippen molar-refractivity contribution in [1.29, 1.82) is 0 Å². The van der Waals surface area contributed by atoms with Crippen LogP contribution in [0.4, 0.5) is 0 Å². The molecule has 42 heavy (non-hydrogen) atoms. The number of nitrogens with zero attached hydrogens (tertiary/aromatic N) is 1. The molecule has 6 rings (SSSR count). The molecular weight excluding hydrogens is 550 g/mol. The summed E-state index contributed by atoms with van der Waals surface area (Å²) in [5.41, 5.74) is 5.69. The van der Waals surface area contributed by atoms with E-state index in [0.29, 0.717) is 0 Å². The molecule has 4 aliphatic carbocycles. The summed E-state index contributed by atoms with van der Waals surface area (Å²) in [6, 6.07) is 11.4. The fourth-order valence-corrected chi connectivity index (χ4v) is 8.17. The van der Waals surface area contributed by atoms with Crippen LogP contribution in [0.1, 0.15) is 55.1 Å². The maximum absolute atomic E-state index is 6.02. The molecule has 0 saturated heterocycles. The monoisotopic (exact) mass is 573 g/mol. The fraction of sp³-hybridized carbons (Fsp3) is 0.450. The van der Waals surface area contributed by atoms with Crippen molar-refractivity contribution < 1.29 is 0 Å². The van der Waals surface area contributed by atoms with Crippen LogP contribution < -0.4 is 0 Å². The van der Waals surface area contributed by atoms with Gasteiger partial charge in [-0.1, -0.05) is 12.1 Å². The second-order valence-corrected chi connectivity index (χ2v) is 13.6. The van der Waals surface area contributed by atoms with Crippen LogP contribution >= 0.6 is 15.9 Å². The molecule has 2 saturated carbocycles. The predicted molar refractivity (Wildman–Crippen MR) is 208 cm³/mol. The Kier molecular flexibility index (Phi) is 12.6. The Labute approximate surface area is 281 Å². The minimum atomic E-state index is -0.889. The average molecular weight is 571 g/mol. The number of rotatable bonds is 9. The molecule has 2 atom stereocenters. The second-order valence-electron chi connectivity index (χ2n) is 12.7. The smallest absolute Gasteiger partial charge is 0.0702 e. The molecule has 4 bridgehead atoms. The zero-order valence-electron chi connectivity index (χ0n) is 24.2. The summed E-state index contributed by atoms with van der Waals surface area (Å²) >= 11 is 3.47. The first-order valence-electron chi connectivity index (χ1n) is 14.9. The summed E-state index contributed by atoms with van der Waals surface area (Å²) in [6.07, 6.45) is 1.98. The van der Waals surface area contributed by atoms with Gasteiger partial charge in [0.1, 0.15) is 0 Å². The van der Waals surface area contributed by atoms with Gasteiger partial charge in [0, 0.05) is 159 Å². The largest absolute Gasteiger partial charge is 0.255 e. The van der Waals surface area contributed by atoms with Crippen LogP contribution in [0.15, 0.2) is 41.0 Å². The SMILES string of the molecule is Brc1ccc(-c2ccc3c(c2)C2CC4CC(CC3C4)C2)nc1.[B]B([B])B([B])B(B(B([B])[B])B([B])[B])B(B([B])[B])B([B])[B]. The van der Waals surface area contributed by atoms with Crippen LogP contribution in [-0.4, -0.2) is 148 Å². The maximum atomic E-state index is 6.02. The van der Waals surface area contributed by atoms with Gasteiger partial charge in [-0.3, -0.25) is 4.98 Å². The number of hydrogen-bond acceptors (Lipinski definition) is 1. The van der Waals surface area contributed by atoms with E-state index in [-0.39, 0.29) is 0 Å². The van der Waals surface area contributed by atoms with Crippen LogP contribution in [0.5, 0.6) is 0 Å². The highest BCUT2D eigenvalue weighted by Gasteiger charge is 2.44. The van der Waals surface area contributed by atoms with Crippen molar-refractivity contribution in [3.63, 3.8) is 0 Å². The first kappa shape index (κ1) is 35.0. The van der Waals surface area contributed by atoms with E-state index in [1.54, 1.807) is 11.1 Å². The van der Waals surface area contributed by atoms with E-state index in [9.17, 15) is 0 Å². The normalized spacial score (nSPS) is 21.1. The molecule has 2 unspecified atom stereocenters. The van der Waals surface area contributed by atoms with Gasteiger partial charge in [-0.05, 0) is 101 Å². The van der Waals surface area contributed by atoms with Crippen LogP contribution in [0, 0.1) is 11.8 Å². The van der Waals surface area contributed by atoms with Crippen molar-refractivity contribution in [1.82, 2.24) is 4.98 Å². The van der Waals surface area contributed by atoms with Crippen molar-refractivity contribution in [2.75, 3.05) is 0 Å². The minimum Gasteiger partial charge on any atom is -0.255 e. The van der Waals surface area contributed by atoms with E-state index in [1.165, 1.54) is 37.7 Å². The summed E-state index contributed by atoms with van der Waals surface area (Å²) in [6.45, 7) is 0. The molecule has 172 valence electrons. The van der Waals surface area contributed by atoms with Crippen LogP contribution in [0.3, 0.4) is 0 Å². The summed E-state index contributed by atoms with van der Waals surface area (Å²) < 4.78 is 1.04. The molecule has 2 aromatic rings. The molecule has 1 heterocycles. The first-order valence-corrected chi connectivity index (χ1v) is 15.6. The van der Waals surface area contributed by atoms with Crippen molar-refractivity contribution in [3.8, 4) is 11.3 Å². The van der Waals surface area contributed by atoms with Gasteiger partial charge in [0.05, 0.1) is 5.69 Å². The molecule has 2 fully saturated rings. The second kappa shape index (κ2) is 15.2. The fourth-order valence-electron chi connectivity index (χ4n) is 7.93. The van der Waals surface area contributed by atoms with Gasteiger partial charge in [-0.15, -0.1) is 0 Å². The number of pyridine rings is 1. The lowest BCUT2D eigenvalue weighted by molar-refractivity contribution is 0.166. The van der Waals surface area contributed by atoms with E-state index in [0.717, 1.165) is 33.8 Å². The molecule has 0 N–H and O–H groups in total.